The molecule has 0 spiro atoms. The van der Waals surface area contributed by atoms with Gasteiger partial charge in [0, 0.05) is 29.1 Å². The fraction of sp³-hybridized carbons (Fsp3) is 0.452. The van der Waals surface area contributed by atoms with Crippen LogP contribution in [0.25, 0.3) is 21.5 Å². The molecule has 2 saturated heterocycles. The number of rotatable bonds is 7. The average molecular weight is 544 g/mol. The smallest absolute Gasteiger partial charge is 0.337 e. The standard InChI is InChI=1S/C31H33N3O4S/c1-17-6-4-5-7-24(17)28-25(29(38-33-28)19-8-9-19)16-37-23-14-21-10-11-22(15-23)34(21)31-32-27-18(2)12-20(30(35)36-3)13-26(27)39-31/h4-7,12-13,19,21-23H,8-11,14-16H2,1-3H3. The number of fused-ring (bicyclic) bond motifs is 3. The summed E-state index contributed by atoms with van der Waals surface area (Å²) in [7, 11) is 1.42. The van der Waals surface area contributed by atoms with E-state index in [0.717, 1.165) is 69.2 Å². The van der Waals surface area contributed by atoms with E-state index in [1.54, 1.807) is 11.3 Å². The van der Waals surface area contributed by atoms with Crippen molar-refractivity contribution in [1.29, 1.82) is 0 Å². The van der Waals surface area contributed by atoms with Crippen LogP contribution in [0.1, 0.15) is 77.3 Å². The number of methoxy groups -OCH3 is 1. The number of anilines is 1. The van der Waals surface area contributed by atoms with Gasteiger partial charge in [-0.05, 0) is 75.6 Å². The molecule has 3 fully saturated rings. The number of hydrogen-bond donors (Lipinski definition) is 0. The summed E-state index contributed by atoms with van der Waals surface area (Å²) in [6.45, 7) is 4.68. The van der Waals surface area contributed by atoms with Crippen LogP contribution in [0.4, 0.5) is 5.13 Å². The number of aryl methyl sites for hydroxylation is 2. The fourth-order valence-corrected chi connectivity index (χ4v) is 7.71. The largest absolute Gasteiger partial charge is 0.465 e. The second-order valence-electron chi connectivity index (χ2n) is 11.3. The van der Waals surface area contributed by atoms with E-state index in [0.29, 0.717) is 30.2 Å². The van der Waals surface area contributed by atoms with Crippen molar-refractivity contribution in [2.24, 2.45) is 0 Å². The predicted octanol–water partition coefficient (Wildman–Crippen LogP) is 6.95. The lowest BCUT2D eigenvalue weighted by atomic mass is 9.99. The first-order chi connectivity index (χ1) is 19.0. The highest BCUT2D eigenvalue weighted by molar-refractivity contribution is 7.22. The first kappa shape index (κ1) is 24.8. The van der Waals surface area contributed by atoms with Crippen molar-refractivity contribution in [2.45, 2.75) is 83.1 Å². The van der Waals surface area contributed by atoms with Crippen molar-refractivity contribution in [3.8, 4) is 11.3 Å². The van der Waals surface area contributed by atoms with Crippen molar-refractivity contribution in [3.05, 3.63) is 64.4 Å². The van der Waals surface area contributed by atoms with Gasteiger partial charge in [0.1, 0.15) is 11.5 Å². The molecule has 1 aliphatic carbocycles. The van der Waals surface area contributed by atoms with Gasteiger partial charge in [0.25, 0.3) is 0 Å². The molecule has 7 rings (SSSR count). The molecule has 0 N–H and O–H groups in total. The predicted molar refractivity (Wildman–Crippen MR) is 151 cm³/mol. The van der Waals surface area contributed by atoms with E-state index in [1.165, 1.54) is 25.5 Å². The maximum atomic E-state index is 12.1. The van der Waals surface area contributed by atoms with Crippen LogP contribution in [0, 0.1) is 13.8 Å². The van der Waals surface area contributed by atoms with Gasteiger partial charge in [0.05, 0.1) is 35.6 Å². The molecule has 4 heterocycles. The molecule has 7 nitrogen and oxygen atoms in total. The molecule has 2 aliphatic heterocycles. The lowest BCUT2D eigenvalue weighted by Gasteiger charge is -2.38. The zero-order valence-corrected chi connectivity index (χ0v) is 23.4. The van der Waals surface area contributed by atoms with Crippen LogP contribution in [0.2, 0.25) is 0 Å². The molecule has 3 aliphatic rings. The molecule has 2 aromatic heterocycles. The number of carbonyl (C=O) groups is 1. The Kier molecular flexibility index (Phi) is 6.20. The summed E-state index contributed by atoms with van der Waals surface area (Å²) < 4.78 is 18.5. The molecule has 1 saturated carbocycles. The van der Waals surface area contributed by atoms with Crippen molar-refractivity contribution in [3.63, 3.8) is 0 Å². The van der Waals surface area contributed by atoms with Crippen LogP contribution in [-0.2, 0) is 16.1 Å². The van der Waals surface area contributed by atoms with Gasteiger partial charge >= 0.3 is 5.97 Å². The van der Waals surface area contributed by atoms with Crippen molar-refractivity contribution >= 4 is 32.7 Å². The van der Waals surface area contributed by atoms with E-state index in [2.05, 4.69) is 41.2 Å². The number of esters is 1. The highest BCUT2D eigenvalue weighted by Crippen LogP contribution is 2.46. The van der Waals surface area contributed by atoms with Crippen LogP contribution in [0.15, 0.2) is 40.9 Å². The third kappa shape index (κ3) is 4.43. The van der Waals surface area contributed by atoms with E-state index in [-0.39, 0.29) is 12.1 Å². The van der Waals surface area contributed by atoms with Crippen LogP contribution in [0.5, 0.6) is 0 Å². The summed E-state index contributed by atoms with van der Waals surface area (Å²) in [5.74, 6) is 1.19. The molecule has 2 atom stereocenters. The summed E-state index contributed by atoms with van der Waals surface area (Å²) in [5, 5.41) is 5.57. The van der Waals surface area contributed by atoms with E-state index in [4.69, 9.17) is 19.0 Å². The number of aromatic nitrogens is 2. The topological polar surface area (TPSA) is 77.7 Å². The molecule has 2 bridgehead atoms. The van der Waals surface area contributed by atoms with Crippen molar-refractivity contribution in [2.75, 3.05) is 12.0 Å². The summed E-state index contributed by atoms with van der Waals surface area (Å²) in [4.78, 5) is 19.7. The van der Waals surface area contributed by atoms with E-state index < -0.39 is 0 Å². The minimum atomic E-state index is -0.309. The summed E-state index contributed by atoms with van der Waals surface area (Å²) in [5.41, 5.74) is 6.96. The van der Waals surface area contributed by atoms with Crippen molar-refractivity contribution < 1.29 is 18.8 Å². The van der Waals surface area contributed by atoms with E-state index in [1.807, 2.05) is 19.1 Å². The van der Waals surface area contributed by atoms with Gasteiger partial charge in [-0.1, -0.05) is 40.8 Å². The van der Waals surface area contributed by atoms with Crippen LogP contribution in [0.3, 0.4) is 0 Å². The first-order valence-electron chi connectivity index (χ1n) is 13.9. The number of nitrogens with zero attached hydrogens (tertiary/aromatic N) is 3. The molecule has 0 radical (unpaired) electrons. The lowest BCUT2D eigenvalue weighted by Crippen LogP contribution is -2.45. The zero-order valence-electron chi connectivity index (χ0n) is 22.6. The van der Waals surface area contributed by atoms with Gasteiger partial charge in [-0.25, -0.2) is 9.78 Å². The number of carbonyl (C=O) groups excluding carboxylic acids is 1. The van der Waals surface area contributed by atoms with E-state index in [9.17, 15) is 4.79 Å². The van der Waals surface area contributed by atoms with Crippen LogP contribution >= 0.6 is 11.3 Å². The van der Waals surface area contributed by atoms with Crippen LogP contribution < -0.4 is 4.90 Å². The van der Waals surface area contributed by atoms with Gasteiger partial charge in [0.2, 0.25) is 0 Å². The van der Waals surface area contributed by atoms with E-state index >= 15 is 0 Å². The zero-order chi connectivity index (χ0) is 26.7. The summed E-state index contributed by atoms with van der Waals surface area (Å²) >= 11 is 1.68. The normalized spacial score (nSPS) is 22.5. The molecular weight excluding hydrogens is 510 g/mol. The Hall–Kier alpha value is -3.23. The molecule has 202 valence electrons. The lowest BCUT2D eigenvalue weighted by molar-refractivity contribution is 0.0147. The Morgan fingerprint density at radius 3 is 2.56 bits per heavy atom. The Balaban J connectivity index is 1.10. The number of hydrogen-bond acceptors (Lipinski definition) is 8. The minimum absolute atomic E-state index is 0.201. The fourth-order valence-electron chi connectivity index (χ4n) is 6.49. The molecule has 8 heteroatoms. The Morgan fingerprint density at radius 2 is 1.85 bits per heavy atom. The average Bonchev–Trinajstić information content (AvgIpc) is 3.45. The summed E-state index contributed by atoms with van der Waals surface area (Å²) in [6, 6.07) is 13.0. The maximum absolute atomic E-state index is 12.1. The van der Waals surface area contributed by atoms with Gasteiger partial charge in [0.15, 0.2) is 5.13 Å². The SMILES string of the molecule is COC(=O)c1cc(C)c2nc(N3C4CCC3CC(OCc3c(-c5ccccc5C)noc3C3CC3)C4)sc2c1. The maximum Gasteiger partial charge on any atom is 0.337 e. The molecule has 39 heavy (non-hydrogen) atoms. The number of ether oxygens (including phenoxy) is 2. The molecule has 4 aromatic rings. The van der Waals surface area contributed by atoms with Crippen LogP contribution in [-0.4, -0.2) is 41.4 Å². The Labute approximate surface area is 232 Å². The van der Waals surface area contributed by atoms with Gasteiger partial charge < -0.3 is 18.9 Å². The Bertz CT molecular complexity index is 1540. The number of thiazole rings is 1. The van der Waals surface area contributed by atoms with Gasteiger partial charge in [-0.2, -0.15) is 0 Å². The Morgan fingerprint density at radius 1 is 1.08 bits per heavy atom. The monoisotopic (exact) mass is 543 g/mol. The first-order valence-corrected chi connectivity index (χ1v) is 14.8. The number of piperidine rings is 1. The molecular formula is C31H33N3O4S. The molecule has 2 aromatic carbocycles. The van der Waals surface area contributed by atoms with Gasteiger partial charge in [-0.15, -0.1) is 0 Å². The molecule has 0 amide bonds. The number of benzene rings is 2. The second kappa shape index (κ2) is 9.75. The quantitative estimate of drug-likeness (QED) is 0.233. The third-order valence-electron chi connectivity index (χ3n) is 8.64. The summed E-state index contributed by atoms with van der Waals surface area (Å²) in [6.07, 6.45) is 6.82. The van der Waals surface area contributed by atoms with Crippen molar-refractivity contribution in [1.82, 2.24) is 10.1 Å². The third-order valence-corrected chi connectivity index (χ3v) is 9.65. The van der Waals surface area contributed by atoms with Gasteiger partial charge in [-0.3, -0.25) is 0 Å². The minimum Gasteiger partial charge on any atom is -0.465 e. The molecule has 2 unspecified atom stereocenters. The highest BCUT2D eigenvalue weighted by Gasteiger charge is 2.43. The second-order valence-corrected chi connectivity index (χ2v) is 12.3. The highest BCUT2D eigenvalue weighted by atomic mass is 32.1.